The summed E-state index contributed by atoms with van der Waals surface area (Å²) >= 11 is 0.971. The van der Waals surface area contributed by atoms with E-state index >= 15 is 0 Å². The second kappa shape index (κ2) is 5.56. The summed E-state index contributed by atoms with van der Waals surface area (Å²) in [4.78, 5) is 2.72. The summed E-state index contributed by atoms with van der Waals surface area (Å²) in [5.74, 6) is 2.08. The summed E-state index contributed by atoms with van der Waals surface area (Å²) in [7, 11) is 0. The van der Waals surface area contributed by atoms with Gasteiger partial charge in [0.1, 0.15) is 0 Å². The molecule has 17 heavy (non-hydrogen) atoms. The van der Waals surface area contributed by atoms with Crippen LogP contribution >= 0.6 is 0 Å². The van der Waals surface area contributed by atoms with Crippen LogP contribution in [0, 0.1) is 11.8 Å². The molecule has 1 nitrogen and oxygen atoms in total. The summed E-state index contributed by atoms with van der Waals surface area (Å²) in [5.41, 5.74) is 1.49. The van der Waals surface area contributed by atoms with Crippen molar-refractivity contribution in [3.63, 3.8) is 0 Å². The van der Waals surface area contributed by atoms with Crippen molar-refractivity contribution in [3.8, 4) is 0 Å². The monoisotopic (exact) mass is 295 g/mol. The van der Waals surface area contributed by atoms with E-state index in [9.17, 15) is 0 Å². The molecular weight excluding hydrogens is 273 g/mol. The molecule has 2 bridgehead atoms. The van der Waals surface area contributed by atoms with Crippen molar-refractivity contribution in [1.29, 1.82) is 0 Å². The summed E-state index contributed by atoms with van der Waals surface area (Å²) in [6.07, 6.45) is 2.76. The molecule has 0 spiro atoms. The Kier molecular flexibility index (Phi) is 3.85. The van der Waals surface area contributed by atoms with Crippen LogP contribution in [0.25, 0.3) is 0 Å². The molecule has 2 atom stereocenters. The Morgan fingerprint density at radius 2 is 1.76 bits per heavy atom. The van der Waals surface area contributed by atoms with Crippen molar-refractivity contribution in [2.45, 2.75) is 23.5 Å². The Hall–Kier alpha value is -0.301. The maximum absolute atomic E-state index is 2.72. The van der Waals surface area contributed by atoms with Crippen molar-refractivity contribution in [2.75, 3.05) is 19.6 Å². The standard InChI is InChI=1S/C15H21NSe/c1-2-4-13(5-3-1)6-7-16-9-14-8-15(10-16)12-17-11-14/h1-5,14-15H,6-12H2. The van der Waals surface area contributed by atoms with Crippen molar-refractivity contribution >= 4 is 15.0 Å². The van der Waals surface area contributed by atoms with Crippen LogP contribution in [-0.4, -0.2) is 39.5 Å². The molecule has 2 aliphatic heterocycles. The number of hydrogen-bond acceptors (Lipinski definition) is 1. The molecule has 0 N–H and O–H groups in total. The summed E-state index contributed by atoms with van der Waals surface area (Å²) in [6, 6.07) is 10.9. The fraction of sp³-hybridized carbons (Fsp3) is 0.600. The van der Waals surface area contributed by atoms with Crippen LogP contribution in [0.3, 0.4) is 0 Å². The van der Waals surface area contributed by atoms with Crippen LogP contribution in [0.4, 0.5) is 0 Å². The average molecular weight is 294 g/mol. The van der Waals surface area contributed by atoms with E-state index < -0.39 is 0 Å². The third-order valence-electron chi connectivity index (χ3n) is 3.97. The molecule has 1 aromatic carbocycles. The first-order chi connectivity index (χ1) is 8.40. The van der Waals surface area contributed by atoms with Gasteiger partial charge in [0.25, 0.3) is 0 Å². The van der Waals surface area contributed by atoms with Gasteiger partial charge in [-0.05, 0) is 0 Å². The van der Waals surface area contributed by atoms with Gasteiger partial charge in [-0.1, -0.05) is 0 Å². The third kappa shape index (κ3) is 3.13. The Morgan fingerprint density at radius 1 is 1.06 bits per heavy atom. The molecule has 92 valence electrons. The predicted molar refractivity (Wildman–Crippen MR) is 73.6 cm³/mol. The molecule has 2 aliphatic rings. The number of hydrogen-bond donors (Lipinski definition) is 0. The minimum absolute atomic E-state index is 0.971. The van der Waals surface area contributed by atoms with Crippen molar-refractivity contribution in [3.05, 3.63) is 35.9 Å². The van der Waals surface area contributed by atoms with Gasteiger partial charge < -0.3 is 0 Å². The minimum atomic E-state index is 0.971. The SMILES string of the molecule is c1ccc(CCN2CC3C[Se]CC(C3)C2)cc1. The Bertz CT molecular complexity index is 339. The second-order valence-corrected chi connectivity index (χ2v) is 7.76. The number of rotatable bonds is 3. The molecule has 0 radical (unpaired) electrons. The van der Waals surface area contributed by atoms with Crippen molar-refractivity contribution in [1.82, 2.24) is 4.90 Å². The molecule has 0 aromatic heterocycles. The van der Waals surface area contributed by atoms with Gasteiger partial charge in [-0.25, -0.2) is 0 Å². The van der Waals surface area contributed by atoms with E-state index in [0.717, 1.165) is 26.8 Å². The molecular formula is C15H21NSe. The zero-order chi connectivity index (χ0) is 11.5. The molecule has 1 aromatic rings. The first-order valence-electron chi connectivity index (χ1n) is 6.74. The van der Waals surface area contributed by atoms with Crippen LogP contribution in [0.5, 0.6) is 0 Å². The molecule has 2 heteroatoms. The quantitative estimate of drug-likeness (QED) is 0.775. The number of piperidine rings is 1. The number of benzene rings is 1. The molecule has 0 saturated carbocycles. The van der Waals surface area contributed by atoms with Gasteiger partial charge in [-0.2, -0.15) is 0 Å². The van der Waals surface area contributed by atoms with Crippen LogP contribution in [0.2, 0.25) is 10.6 Å². The molecule has 3 rings (SSSR count). The van der Waals surface area contributed by atoms with Gasteiger partial charge in [0.05, 0.1) is 0 Å². The topological polar surface area (TPSA) is 3.24 Å². The number of nitrogens with zero attached hydrogens (tertiary/aromatic N) is 1. The molecule has 2 fully saturated rings. The summed E-state index contributed by atoms with van der Waals surface area (Å²) in [5, 5.41) is 3.09. The number of fused-ring (bicyclic) bond motifs is 2. The maximum atomic E-state index is 2.72. The first-order valence-corrected chi connectivity index (χ1v) is 9.16. The third-order valence-corrected chi connectivity index (χ3v) is 6.93. The van der Waals surface area contributed by atoms with E-state index in [2.05, 4.69) is 35.2 Å². The van der Waals surface area contributed by atoms with Gasteiger partial charge in [0.2, 0.25) is 0 Å². The number of likely N-dealkylation sites (tertiary alicyclic amines) is 1. The Balaban J connectivity index is 1.52. The molecule has 2 heterocycles. The summed E-state index contributed by atoms with van der Waals surface area (Å²) in [6.45, 7) is 4.03. The van der Waals surface area contributed by atoms with E-state index in [0.29, 0.717) is 0 Å². The predicted octanol–water partition coefficient (Wildman–Crippen LogP) is 2.72. The Labute approximate surface area is 111 Å². The fourth-order valence-electron chi connectivity index (χ4n) is 3.18. The van der Waals surface area contributed by atoms with E-state index in [4.69, 9.17) is 0 Å². The van der Waals surface area contributed by atoms with E-state index in [-0.39, 0.29) is 0 Å². The van der Waals surface area contributed by atoms with Crippen LogP contribution in [0.1, 0.15) is 12.0 Å². The van der Waals surface area contributed by atoms with Crippen molar-refractivity contribution < 1.29 is 0 Å². The van der Waals surface area contributed by atoms with Crippen molar-refractivity contribution in [2.24, 2.45) is 11.8 Å². The van der Waals surface area contributed by atoms with E-state index in [1.54, 1.807) is 10.6 Å². The van der Waals surface area contributed by atoms with Crippen LogP contribution in [0.15, 0.2) is 30.3 Å². The normalized spacial score (nSPS) is 29.2. The zero-order valence-electron chi connectivity index (χ0n) is 10.3. The van der Waals surface area contributed by atoms with Crippen LogP contribution in [-0.2, 0) is 6.42 Å². The van der Waals surface area contributed by atoms with Gasteiger partial charge in [-0.3, -0.25) is 0 Å². The zero-order valence-corrected chi connectivity index (χ0v) is 12.1. The van der Waals surface area contributed by atoms with Gasteiger partial charge >= 0.3 is 111 Å². The van der Waals surface area contributed by atoms with Gasteiger partial charge in [-0.15, -0.1) is 0 Å². The van der Waals surface area contributed by atoms with Crippen LogP contribution < -0.4 is 0 Å². The summed E-state index contributed by atoms with van der Waals surface area (Å²) < 4.78 is 0. The Morgan fingerprint density at radius 3 is 2.47 bits per heavy atom. The van der Waals surface area contributed by atoms with Gasteiger partial charge in [0.15, 0.2) is 0 Å². The fourth-order valence-corrected chi connectivity index (χ4v) is 5.88. The molecule has 2 saturated heterocycles. The van der Waals surface area contributed by atoms with E-state index in [1.807, 2.05) is 0 Å². The average Bonchev–Trinajstić information content (AvgIpc) is 2.37. The van der Waals surface area contributed by atoms with E-state index in [1.165, 1.54) is 38.0 Å². The molecule has 0 amide bonds. The van der Waals surface area contributed by atoms with Gasteiger partial charge in [0, 0.05) is 0 Å². The first kappa shape index (κ1) is 11.8. The second-order valence-electron chi connectivity index (χ2n) is 5.50. The molecule has 0 aliphatic carbocycles. The molecule has 2 unspecified atom stereocenters.